The number of hydrogen-bond acceptors (Lipinski definition) is 2. The van der Waals surface area contributed by atoms with Crippen LogP contribution >= 0.6 is 0 Å². The molecule has 0 amide bonds. The molecule has 0 bridgehead atoms. The van der Waals surface area contributed by atoms with E-state index >= 15 is 0 Å². The lowest BCUT2D eigenvalue weighted by Gasteiger charge is -2.16. The molecule has 0 aliphatic heterocycles. The number of methoxy groups -OCH3 is 1. The molecule has 0 aliphatic carbocycles. The summed E-state index contributed by atoms with van der Waals surface area (Å²) in [7, 11) is 1.46. The standard InChI is InChI=1S/C17H20FNO/c1-11-5-4-6-14(12(11)2)16(19)10-13-7-8-17(20-3)15(18)9-13/h4-9,16H,10,19H2,1-3H3. The van der Waals surface area contributed by atoms with Gasteiger partial charge in [0.1, 0.15) is 0 Å². The number of halogens is 1. The Labute approximate surface area is 119 Å². The molecule has 2 aromatic carbocycles. The minimum absolute atomic E-state index is 0.136. The molecule has 2 N–H and O–H groups in total. The van der Waals surface area contributed by atoms with Crippen molar-refractivity contribution in [1.82, 2.24) is 0 Å². The van der Waals surface area contributed by atoms with Gasteiger partial charge in [0.2, 0.25) is 0 Å². The van der Waals surface area contributed by atoms with Gasteiger partial charge in [-0.3, -0.25) is 0 Å². The summed E-state index contributed by atoms with van der Waals surface area (Å²) in [5.74, 6) is -0.0905. The normalized spacial score (nSPS) is 12.2. The van der Waals surface area contributed by atoms with Crippen molar-refractivity contribution >= 4 is 0 Å². The van der Waals surface area contributed by atoms with Crippen molar-refractivity contribution in [2.24, 2.45) is 5.73 Å². The van der Waals surface area contributed by atoms with Crippen LogP contribution in [-0.4, -0.2) is 7.11 Å². The maximum absolute atomic E-state index is 13.7. The predicted molar refractivity (Wildman–Crippen MR) is 79.5 cm³/mol. The average Bonchev–Trinajstić information content (AvgIpc) is 2.42. The zero-order chi connectivity index (χ0) is 14.7. The predicted octanol–water partition coefficient (Wildman–Crippen LogP) is 3.69. The Hall–Kier alpha value is -1.87. The molecule has 1 atom stereocenters. The topological polar surface area (TPSA) is 35.2 Å². The monoisotopic (exact) mass is 273 g/mol. The average molecular weight is 273 g/mol. The molecule has 0 aliphatic rings. The van der Waals surface area contributed by atoms with Crippen molar-refractivity contribution in [2.45, 2.75) is 26.3 Å². The number of nitrogens with two attached hydrogens (primary N) is 1. The highest BCUT2D eigenvalue weighted by atomic mass is 19.1. The van der Waals surface area contributed by atoms with Gasteiger partial charge in [-0.05, 0) is 54.7 Å². The van der Waals surface area contributed by atoms with Crippen LogP contribution in [0.25, 0.3) is 0 Å². The summed E-state index contributed by atoms with van der Waals surface area (Å²) in [6.07, 6.45) is 0.602. The molecule has 0 saturated carbocycles. The van der Waals surface area contributed by atoms with Gasteiger partial charge in [0.15, 0.2) is 11.6 Å². The van der Waals surface area contributed by atoms with Crippen molar-refractivity contribution < 1.29 is 9.13 Å². The molecule has 0 fully saturated rings. The Morgan fingerprint density at radius 1 is 1.20 bits per heavy atom. The summed E-state index contributed by atoms with van der Waals surface area (Å²) in [5.41, 5.74) is 10.7. The van der Waals surface area contributed by atoms with Gasteiger partial charge >= 0.3 is 0 Å². The van der Waals surface area contributed by atoms with Crippen molar-refractivity contribution in [1.29, 1.82) is 0 Å². The summed E-state index contributed by atoms with van der Waals surface area (Å²) < 4.78 is 18.6. The third kappa shape index (κ3) is 2.99. The highest BCUT2D eigenvalue weighted by Crippen LogP contribution is 2.24. The molecule has 0 saturated heterocycles. The van der Waals surface area contributed by atoms with Crippen LogP contribution < -0.4 is 10.5 Å². The Morgan fingerprint density at radius 3 is 2.60 bits per heavy atom. The summed E-state index contributed by atoms with van der Waals surface area (Å²) in [6, 6.07) is 11.0. The highest BCUT2D eigenvalue weighted by molar-refractivity contribution is 5.37. The van der Waals surface area contributed by atoms with Crippen molar-refractivity contribution in [3.05, 3.63) is 64.5 Å². The number of benzene rings is 2. The summed E-state index contributed by atoms with van der Waals surface area (Å²) >= 11 is 0. The lowest BCUT2D eigenvalue weighted by atomic mass is 9.94. The van der Waals surface area contributed by atoms with Crippen molar-refractivity contribution in [2.75, 3.05) is 7.11 Å². The van der Waals surface area contributed by atoms with Crippen molar-refractivity contribution in [3.63, 3.8) is 0 Å². The molecule has 2 aromatic rings. The van der Waals surface area contributed by atoms with Crippen LogP contribution in [0.15, 0.2) is 36.4 Å². The quantitative estimate of drug-likeness (QED) is 0.922. The molecule has 20 heavy (non-hydrogen) atoms. The smallest absolute Gasteiger partial charge is 0.165 e. The van der Waals surface area contributed by atoms with Crippen LogP contribution in [0.4, 0.5) is 4.39 Å². The van der Waals surface area contributed by atoms with Gasteiger partial charge in [0, 0.05) is 6.04 Å². The van der Waals surface area contributed by atoms with Crippen molar-refractivity contribution in [3.8, 4) is 5.75 Å². The van der Waals surface area contributed by atoms with Gasteiger partial charge in [-0.15, -0.1) is 0 Å². The van der Waals surface area contributed by atoms with Crippen LogP contribution in [0.2, 0.25) is 0 Å². The van der Waals surface area contributed by atoms with Crippen LogP contribution in [0.3, 0.4) is 0 Å². The largest absolute Gasteiger partial charge is 0.494 e. The highest BCUT2D eigenvalue weighted by Gasteiger charge is 2.12. The van der Waals surface area contributed by atoms with Crippen LogP contribution in [0.5, 0.6) is 5.75 Å². The molecule has 1 unspecified atom stereocenters. The lowest BCUT2D eigenvalue weighted by Crippen LogP contribution is -2.15. The Balaban J connectivity index is 2.21. The summed E-state index contributed by atoms with van der Waals surface area (Å²) in [5, 5.41) is 0. The van der Waals surface area contributed by atoms with E-state index in [-0.39, 0.29) is 17.6 Å². The van der Waals surface area contributed by atoms with Gasteiger partial charge < -0.3 is 10.5 Å². The summed E-state index contributed by atoms with van der Waals surface area (Å²) in [4.78, 5) is 0. The molecule has 0 heterocycles. The molecular formula is C17H20FNO. The fourth-order valence-corrected chi connectivity index (χ4v) is 2.38. The van der Waals surface area contributed by atoms with E-state index in [9.17, 15) is 4.39 Å². The van der Waals surface area contributed by atoms with E-state index in [1.807, 2.05) is 18.2 Å². The first-order valence-electron chi connectivity index (χ1n) is 6.67. The van der Waals surface area contributed by atoms with Crippen LogP contribution in [0, 0.1) is 19.7 Å². The van der Waals surface area contributed by atoms with E-state index in [4.69, 9.17) is 10.5 Å². The first-order chi connectivity index (χ1) is 9.52. The van der Waals surface area contributed by atoms with Crippen LogP contribution in [-0.2, 0) is 6.42 Å². The SMILES string of the molecule is COc1ccc(CC(N)c2cccc(C)c2C)cc1F. The fourth-order valence-electron chi connectivity index (χ4n) is 2.38. The molecule has 0 spiro atoms. The third-order valence-electron chi connectivity index (χ3n) is 3.72. The van der Waals surface area contributed by atoms with Gasteiger partial charge in [-0.2, -0.15) is 0 Å². The maximum Gasteiger partial charge on any atom is 0.165 e. The minimum atomic E-state index is -0.349. The van der Waals surface area contributed by atoms with Crippen LogP contribution in [0.1, 0.15) is 28.3 Å². The van der Waals surface area contributed by atoms with E-state index < -0.39 is 0 Å². The number of rotatable bonds is 4. The molecule has 106 valence electrons. The van der Waals surface area contributed by atoms with E-state index in [1.165, 1.54) is 24.3 Å². The van der Waals surface area contributed by atoms with Gasteiger partial charge in [0.25, 0.3) is 0 Å². The maximum atomic E-state index is 13.7. The number of ether oxygens (including phenoxy) is 1. The Bertz CT molecular complexity index is 610. The minimum Gasteiger partial charge on any atom is -0.494 e. The fraction of sp³-hybridized carbons (Fsp3) is 0.294. The molecule has 0 radical (unpaired) electrons. The zero-order valence-corrected chi connectivity index (χ0v) is 12.1. The van der Waals surface area contributed by atoms with Gasteiger partial charge in [-0.25, -0.2) is 4.39 Å². The Morgan fingerprint density at radius 2 is 1.95 bits per heavy atom. The van der Waals surface area contributed by atoms with E-state index in [2.05, 4.69) is 19.9 Å². The van der Waals surface area contributed by atoms with E-state index in [0.29, 0.717) is 6.42 Å². The Kier molecular flexibility index (Phi) is 4.40. The molecular weight excluding hydrogens is 253 g/mol. The third-order valence-corrected chi connectivity index (χ3v) is 3.72. The number of hydrogen-bond donors (Lipinski definition) is 1. The summed E-state index contributed by atoms with van der Waals surface area (Å²) in [6.45, 7) is 4.14. The second-order valence-corrected chi connectivity index (χ2v) is 5.07. The van der Waals surface area contributed by atoms with E-state index in [1.54, 1.807) is 6.07 Å². The molecule has 0 aromatic heterocycles. The zero-order valence-electron chi connectivity index (χ0n) is 12.1. The molecule has 2 nitrogen and oxygen atoms in total. The lowest BCUT2D eigenvalue weighted by molar-refractivity contribution is 0.386. The first-order valence-corrected chi connectivity index (χ1v) is 6.67. The van der Waals surface area contributed by atoms with Gasteiger partial charge in [-0.1, -0.05) is 24.3 Å². The second-order valence-electron chi connectivity index (χ2n) is 5.07. The van der Waals surface area contributed by atoms with Gasteiger partial charge in [0.05, 0.1) is 7.11 Å². The first kappa shape index (κ1) is 14.5. The molecule has 3 heteroatoms. The van der Waals surface area contributed by atoms with E-state index in [0.717, 1.165) is 11.1 Å². The molecule has 2 rings (SSSR count). The second kappa shape index (κ2) is 6.06. The number of aryl methyl sites for hydroxylation is 1.